The lowest BCUT2D eigenvalue weighted by Crippen LogP contribution is -2.49. The van der Waals surface area contributed by atoms with Gasteiger partial charge >= 0.3 is 11.8 Å². The molecule has 0 aromatic heterocycles. The topological polar surface area (TPSA) is 64.7 Å². The Balaban J connectivity index is 1.62. The van der Waals surface area contributed by atoms with E-state index in [0.717, 1.165) is 37.3 Å². The molecule has 2 N–H and O–H groups in total. The van der Waals surface area contributed by atoms with E-state index in [4.69, 9.17) is 0 Å². The standard InChI is InChI=1S/C24H32N4O2/c1-18-9-11-21(12-10-18)22(28-15-13-27(3)14-16-28)17-25-23(29)24(30)26-19(2)20-7-5-4-6-8-20/h4-12,19,22H,13-17H2,1-3H3,(H,25,29)(H,26,30)/t19-,22+/m0/s1. The van der Waals surface area contributed by atoms with Crippen LogP contribution in [-0.2, 0) is 9.59 Å². The number of benzene rings is 2. The lowest BCUT2D eigenvalue weighted by atomic mass is 10.0. The van der Waals surface area contributed by atoms with Crippen LogP contribution in [-0.4, -0.2) is 61.4 Å². The smallest absolute Gasteiger partial charge is 0.309 e. The molecule has 1 saturated heterocycles. The fourth-order valence-corrected chi connectivity index (χ4v) is 3.74. The van der Waals surface area contributed by atoms with Gasteiger partial charge in [0.2, 0.25) is 0 Å². The van der Waals surface area contributed by atoms with Crippen molar-refractivity contribution >= 4 is 11.8 Å². The Morgan fingerprint density at radius 2 is 1.53 bits per heavy atom. The van der Waals surface area contributed by atoms with Gasteiger partial charge in [-0.05, 0) is 32.0 Å². The van der Waals surface area contributed by atoms with E-state index in [0.29, 0.717) is 6.54 Å². The molecule has 30 heavy (non-hydrogen) atoms. The van der Waals surface area contributed by atoms with E-state index < -0.39 is 11.8 Å². The van der Waals surface area contributed by atoms with Gasteiger partial charge < -0.3 is 15.5 Å². The Hall–Kier alpha value is -2.70. The summed E-state index contributed by atoms with van der Waals surface area (Å²) in [6.07, 6.45) is 0. The van der Waals surface area contributed by atoms with E-state index in [1.807, 2.05) is 37.3 Å². The summed E-state index contributed by atoms with van der Waals surface area (Å²) >= 11 is 0. The molecule has 2 amide bonds. The molecule has 1 aliphatic heterocycles. The molecule has 160 valence electrons. The van der Waals surface area contributed by atoms with Crippen molar-refractivity contribution < 1.29 is 9.59 Å². The molecule has 3 rings (SSSR count). The molecule has 2 atom stereocenters. The highest BCUT2D eigenvalue weighted by Crippen LogP contribution is 2.22. The number of piperazine rings is 1. The van der Waals surface area contributed by atoms with Crippen molar-refractivity contribution in [2.45, 2.75) is 25.9 Å². The summed E-state index contributed by atoms with van der Waals surface area (Å²) in [7, 11) is 2.12. The molecule has 1 heterocycles. The first kappa shape index (κ1) is 22.0. The summed E-state index contributed by atoms with van der Waals surface area (Å²) in [6.45, 7) is 8.19. The quantitative estimate of drug-likeness (QED) is 0.720. The highest BCUT2D eigenvalue weighted by atomic mass is 16.2. The second kappa shape index (κ2) is 10.4. The number of amides is 2. The van der Waals surface area contributed by atoms with Crippen molar-refractivity contribution in [3.63, 3.8) is 0 Å². The zero-order valence-corrected chi connectivity index (χ0v) is 18.1. The molecule has 6 nitrogen and oxygen atoms in total. The highest BCUT2D eigenvalue weighted by molar-refractivity contribution is 6.35. The van der Waals surface area contributed by atoms with Gasteiger partial charge in [0.25, 0.3) is 0 Å². The molecule has 6 heteroatoms. The second-order valence-electron chi connectivity index (χ2n) is 8.08. The SMILES string of the molecule is Cc1ccc([C@@H](CNC(=O)C(=O)N[C@@H](C)c2ccccc2)N2CCN(C)CC2)cc1. The highest BCUT2D eigenvalue weighted by Gasteiger charge is 2.25. The maximum atomic E-state index is 12.5. The monoisotopic (exact) mass is 408 g/mol. The van der Waals surface area contributed by atoms with E-state index in [2.05, 4.69) is 58.7 Å². The predicted molar refractivity (Wildman–Crippen MR) is 119 cm³/mol. The first-order chi connectivity index (χ1) is 14.4. The minimum absolute atomic E-state index is 0.0441. The van der Waals surface area contributed by atoms with Crippen molar-refractivity contribution in [2.24, 2.45) is 0 Å². The fraction of sp³-hybridized carbons (Fsp3) is 0.417. The predicted octanol–water partition coefficient (Wildman–Crippen LogP) is 2.28. The minimum atomic E-state index is -0.604. The molecular weight excluding hydrogens is 376 g/mol. The van der Waals surface area contributed by atoms with E-state index in [-0.39, 0.29) is 12.1 Å². The van der Waals surface area contributed by atoms with Gasteiger partial charge in [-0.25, -0.2) is 0 Å². The largest absolute Gasteiger partial charge is 0.346 e. The Morgan fingerprint density at radius 1 is 0.900 bits per heavy atom. The summed E-state index contributed by atoms with van der Waals surface area (Å²) < 4.78 is 0. The van der Waals surface area contributed by atoms with Gasteiger partial charge in [-0.1, -0.05) is 60.2 Å². The molecular formula is C24H32N4O2. The number of carbonyl (C=O) groups excluding carboxylic acids is 2. The minimum Gasteiger partial charge on any atom is -0.346 e. The van der Waals surface area contributed by atoms with Gasteiger partial charge in [-0.15, -0.1) is 0 Å². The maximum absolute atomic E-state index is 12.5. The summed E-state index contributed by atoms with van der Waals surface area (Å²) in [5, 5.41) is 5.64. The van der Waals surface area contributed by atoms with Gasteiger partial charge in [0, 0.05) is 32.7 Å². The molecule has 0 spiro atoms. The first-order valence-corrected chi connectivity index (χ1v) is 10.6. The Bertz CT molecular complexity index is 830. The summed E-state index contributed by atoms with van der Waals surface area (Å²) in [4.78, 5) is 29.6. The van der Waals surface area contributed by atoms with Crippen molar-refractivity contribution in [3.8, 4) is 0 Å². The molecule has 0 bridgehead atoms. The number of rotatable bonds is 6. The van der Waals surface area contributed by atoms with Crippen LogP contribution in [0.15, 0.2) is 54.6 Å². The molecule has 2 aromatic rings. The van der Waals surface area contributed by atoms with Crippen molar-refractivity contribution in [1.29, 1.82) is 0 Å². The van der Waals surface area contributed by atoms with Crippen LogP contribution in [0.1, 0.15) is 35.7 Å². The van der Waals surface area contributed by atoms with E-state index >= 15 is 0 Å². The third-order valence-electron chi connectivity index (χ3n) is 5.75. The zero-order valence-electron chi connectivity index (χ0n) is 18.1. The summed E-state index contributed by atoms with van der Waals surface area (Å²) in [5.74, 6) is -1.20. The average molecular weight is 409 g/mol. The number of carbonyl (C=O) groups is 2. The molecule has 1 fully saturated rings. The van der Waals surface area contributed by atoms with Crippen LogP contribution in [0.2, 0.25) is 0 Å². The van der Waals surface area contributed by atoms with Crippen LogP contribution in [0.25, 0.3) is 0 Å². The maximum Gasteiger partial charge on any atom is 0.309 e. The fourth-order valence-electron chi connectivity index (χ4n) is 3.74. The van der Waals surface area contributed by atoms with Gasteiger partial charge in [0.05, 0.1) is 12.1 Å². The first-order valence-electron chi connectivity index (χ1n) is 10.6. The molecule has 0 radical (unpaired) electrons. The number of hydrogen-bond donors (Lipinski definition) is 2. The number of aryl methyl sites for hydroxylation is 1. The van der Waals surface area contributed by atoms with Crippen LogP contribution >= 0.6 is 0 Å². The number of nitrogens with one attached hydrogen (secondary N) is 2. The normalized spacial score (nSPS) is 17.2. The van der Waals surface area contributed by atoms with Crippen LogP contribution in [0, 0.1) is 6.92 Å². The van der Waals surface area contributed by atoms with E-state index in [1.54, 1.807) is 0 Å². The van der Waals surface area contributed by atoms with Crippen molar-refractivity contribution in [2.75, 3.05) is 39.8 Å². The Labute approximate surface area is 179 Å². The Morgan fingerprint density at radius 3 is 2.17 bits per heavy atom. The van der Waals surface area contributed by atoms with Crippen LogP contribution in [0.3, 0.4) is 0 Å². The van der Waals surface area contributed by atoms with Crippen molar-refractivity contribution in [1.82, 2.24) is 20.4 Å². The number of hydrogen-bond acceptors (Lipinski definition) is 4. The van der Waals surface area contributed by atoms with E-state index in [9.17, 15) is 9.59 Å². The Kier molecular flexibility index (Phi) is 7.60. The third-order valence-corrected chi connectivity index (χ3v) is 5.75. The van der Waals surface area contributed by atoms with Crippen molar-refractivity contribution in [3.05, 3.63) is 71.3 Å². The summed E-state index contributed by atoms with van der Waals surface area (Å²) in [5.41, 5.74) is 3.33. The lowest BCUT2D eigenvalue weighted by molar-refractivity contribution is -0.139. The van der Waals surface area contributed by atoms with Gasteiger partial charge in [-0.2, -0.15) is 0 Å². The van der Waals surface area contributed by atoms with Gasteiger partial charge in [-0.3, -0.25) is 14.5 Å². The van der Waals surface area contributed by atoms with Gasteiger partial charge in [0.15, 0.2) is 0 Å². The third kappa shape index (κ3) is 5.90. The molecule has 2 aromatic carbocycles. The van der Waals surface area contributed by atoms with Crippen LogP contribution in [0.4, 0.5) is 0 Å². The summed E-state index contributed by atoms with van der Waals surface area (Å²) in [6, 6.07) is 17.9. The molecule has 0 saturated carbocycles. The van der Waals surface area contributed by atoms with Crippen LogP contribution < -0.4 is 10.6 Å². The average Bonchev–Trinajstić information content (AvgIpc) is 2.76. The molecule has 0 unspecified atom stereocenters. The van der Waals surface area contributed by atoms with Crippen LogP contribution in [0.5, 0.6) is 0 Å². The molecule has 1 aliphatic rings. The van der Waals surface area contributed by atoms with Gasteiger partial charge in [0.1, 0.15) is 0 Å². The van der Waals surface area contributed by atoms with E-state index in [1.165, 1.54) is 5.56 Å². The second-order valence-corrected chi connectivity index (χ2v) is 8.08. The number of nitrogens with zero attached hydrogens (tertiary/aromatic N) is 2. The lowest BCUT2D eigenvalue weighted by Gasteiger charge is -2.38. The zero-order chi connectivity index (χ0) is 21.5. The number of likely N-dealkylation sites (N-methyl/N-ethyl adjacent to an activating group) is 1. The molecule has 0 aliphatic carbocycles.